The number of hydrogen-bond donors (Lipinski definition) is 4. The highest BCUT2D eigenvalue weighted by Crippen LogP contribution is 2.37. The normalized spacial score (nSPS) is 39.9. The van der Waals surface area contributed by atoms with Gasteiger partial charge in [-0.1, -0.05) is 0 Å². The molecule has 0 spiro atoms. The number of hydrogen-bond acceptors (Lipinski definition) is 5. The Labute approximate surface area is 116 Å². The maximum absolute atomic E-state index is 13.1. The van der Waals surface area contributed by atoms with Gasteiger partial charge in [-0.2, -0.15) is 0 Å². The number of likely N-dealkylation sites (tertiary alicyclic amines) is 1. The monoisotopic (exact) mass is 295 g/mol. The molecular formula is C13H23F2NO4. The fraction of sp³-hybridized carbons (Fsp3) is 1.00. The van der Waals surface area contributed by atoms with Gasteiger partial charge in [-0.25, -0.2) is 8.78 Å². The zero-order chi connectivity index (χ0) is 14.9. The Bertz CT molecular complexity index is 321. The van der Waals surface area contributed by atoms with Crippen molar-refractivity contribution in [1.29, 1.82) is 0 Å². The van der Waals surface area contributed by atoms with Crippen molar-refractivity contribution in [2.45, 2.75) is 56.0 Å². The van der Waals surface area contributed by atoms with Crippen LogP contribution in [0.4, 0.5) is 8.78 Å². The van der Waals surface area contributed by atoms with Crippen LogP contribution in [0.1, 0.15) is 25.7 Å². The summed E-state index contributed by atoms with van der Waals surface area (Å²) < 4.78 is 26.2. The highest BCUT2D eigenvalue weighted by molar-refractivity contribution is 4.95. The maximum atomic E-state index is 13.1. The van der Waals surface area contributed by atoms with Crippen molar-refractivity contribution < 1.29 is 29.2 Å². The lowest BCUT2D eigenvalue weighted by Crippen LogP contribution is -2.63. The first-order chi connectivity index (χ1) is 9.34. The Morgan fingerprint density at radius 1 is 1.05 bits per heavy atom. The fourth-order valence-corrected chi connectivity index (χ4v) is 3.20. The van der Waals surface area contributed by atoms with Crippen LogP contribution in [0.15, 0.2) is 0 Å². The van der Waals surface area contributed by atoms with E-state index >= 15 is 0 Å². The SMILES string of the molecule is OC[C@@H]1[C@@H](O)[C@H](O)[C@@H](O)CN1CC1CCC(F)(F)CC1. The highest BCUT2D eigenvalue weighted by Gasteiger charge is 2.42. The highest BCUT2D eigenvalue weighted by atomic mass is 19.3. The first-order valence-electron chi connectivity index (χ1n) is 7.11. The average molecular weight is 295 g/mol. The molecule has 0 amide bonds. The number of rotatable bonds is 3. The van der Waals surface area contributed by atoms with Crippen molar-refractivity contribution in [3.8, 4) is 0 Å². The number of alkyl halides is 2. The van der Waals surface area contributed by atoms with Crippen molar-refractivity contribution in [2.24, 2.45) is 5.92 Å². The minimum atomic E-state index is -2.58. The summed E-state index contributed by atoms with van der Waals surface area (Å²) >= 11 is 0. The smallest absolute Gasteiger partial charge is 0.248 e. The molecule has 118 valence electrons. The van der Waals surface area contributed by atoms with Gasteiger partial charge in [0.25, 0.3) is 0 Å². The Morgan fingerprint density at radius 2 is 1.65 bits per heavy atom. The molecule has 1 aliphatic carbocycles. The van der Waals surface area contributed by atoms with E-state index in [-0.39, 0.29) is 31.9 Å². The second kappa shape index (κ2) is 6.19. The molecule has 1 aliphatic heterocycles. The summed E-state index contributed by atoms with van der Waals surface area (Å²) in [6.45, 7) is 0.242. The molecule has 1 saturated heterocycles. The van der Waals surface area contributed by atoms with E-state index in [0.29, 0.717) is 19.4 Å². The van der Waals surface area contributed by atoms with Crippen LogP contribution in [-0.4, -0.2) is 75.3 Å². The summed E-state index contributed by atoms with van der Waals surface area (Å²) in [6, 6.07) is -0.657. The number of piperidine rings is 1. The van der Waals surface area contributed by atoms with Crippen LogP contribution in [0.25, 0.3) is 0 Å². The summed E-state index contributed by atoms with van der Waals surface area (Å²) in [7, 11) is 0. The number of aliphatic hydroxyl groups excluding tert-OH is 4. The molecule has 0 aromatic carbocycles. The van der Waals surface area contributed by atoms with Gasteiger partial charge < -0.3 is 20.4 Å². The third-order valence-corrected chi connectivity index (χ3v) is 4.55. The molecular weight excluding hydrogens is 272 g/mol. The molecule has 1 heterocycles. The molecule has 0 unspecified atom stereocenters. The summed E-state index contributed by atoms with van der Waals surface area (Å²) in [5.41, 5.74) is 0. The second-order valence-electron chi connectivity index (χ2n) is 6.05. The zero-order valence-corrected chi connectivity index (χ0v) is 11.3. The van der Waals surface area contributed by atoms with Gasteiger partial charge in [-0.3, -0.25) is 4.90 Å². The Hall–Kier alpha value is -0.340. The van der Waals surface area contributed by atoms with Crippen molar-refractivity contribution in [1.82, 2.24) is 4.90 Å². The quantitative estimate of drug-likeness (QED) is 0.568. The van der Waals surface area contributed by atoms with E-state index < -0.39 is 30.3 Å². The Morgan fingerprint density at radius 3 is 2.20 bits per heavy atom. The van der Waals surface area contributed by atoms with Gasteiger partial charge in [-0.15, -0.1) is 0 Å². The Balaban J connectivity index is 1.94. The first-order valence-corrected chi connectivity index (χ1v) is 7.11. The van der Waals surface area contributed by atoms with Gasteiger partial charge in [0, 0.05) is 25.9 Å². The van der Waals surface area contributed by atoms with Crippen LogP contribution >= 0.6 is 0 Å². The van der Waals surface area contributed by atoms with Gasteiger partial charge in [0.05, 0.1) is 18.8 Å². The van der Waals surface area contributed by atoms with Crippen LogP contribution in [-0.2, 0) is 0 Å². The van der Waals surface area contributed by atoms with Crippen LogP contribution in [0.3, 0.4) is 0 Å². The van der Waals surface area contributed by atoms with Crippen molar-refractivity contribution >= 4 is 0 Å². The molecule has 0 aromatic heterocycles. The average Bonchev–Trinajstić information content (AvgIpc) is 2.39. The third-order valence-electron chi connectivity index (χ3n) is 4.55. The second-order valence-corrected chi connectivity index (χ2v) is 6.05. The van der Waals surface area contributed by atoms with Gasteiger partial charge in [0.2, 0.25) is 5.92 Å². The maximum Gasteiger partial charge on any atom is 0.248 e. The standard InChI is InChI=1S/C13H23F2NO4/c14-13(15)3-1-8(2-4-13)5-16-6-10(18)12(20)11(19)9(16)7-17/h8-12,17-20H,1-7H2/t9-,10+,11-,12-/m1/s1. The molecule has 1 saturated carbocycles. The number of halogens is 2. The summed E-state index contributed by atoms with van der Waals surface area (Å²) in [6.07, 6.45) is -3.07. The van der Waals surface area contributed by atoms with Crippen LogP contribution in [0.5, 0.6) is 0 Å². The van der Waals surface area contributed by atoms with Crippen LogP contribution < -0.4 is 0 Å². The van der Waals surface area contributed by atoms with Gasteiger partial charge in [-0.05, 0) is 18.8 Å². The molecule has 0 bridgehead atoms. The number of nitrogens with zero attached hydrogens (tertiary/aromatic N) is 1. The summed E-state index contributed by atoms with van der Waals surface area (Å²) in [5.74, 6) is -2.51. The van der Waals surface area contributed by atoms with E-state index in [1.54, 1.807) is 4.90 Å². The van der Waals surface area contributed by atoms with Gasteiger partial charge in [0.15, 0.2) is 0 Å². The summed E-state index contributed by atoms with van der Waals surface area (Å²) in [4.78, 5) is 1.70. The third kappa shape index (κ3) is 3.46. The van der Waals surface area contributed by atoms with E-state index in [1.165, 1.54) is 0 Å². The lowest BCUT2D eigenvalue weighted by molar-refractivity contribution is -0.149. The van der Waals surface area contributed by atoms with Crippen molar-refractivity contribution in [3.63, 3.8) is 0 Å². The molecule has 0 aromatic rings. The lowest BCUT2D eigenvalue weighted by atomic mass is 9.85. The molecule has 2 rings (SSSR count). The van der Waals surface area contributed by atoms with Gasteiger partial charge in [0.1, 0.15) is 12.2 Å². The number of aliphatic hydroxyl groups is 4. The minimum absolute atomic E-state index is 0.0679. The van der Waals surface area contributed by atoms with E-state index in [2.05, 4.69) is 0 Å². The lowest BCUT2D eigenvalue weighted by Gasteiger charge is -2.45. The van der Waals surface area contributed by atoms with E-state index in [4.69, 9.17) is 0 Å². The molecule has 4 atom stereocenters. The summed E-state index contributed by atoms with van der Waals surface area (Å²) in [5, 5.41) is 38.5. The van der Waals surface area contributed by atoms with Crippen LogP contribution in [0.2, 0.25) is 0 Å². The zero-order valence-electron chi connectivity index (χ0n) is 11.3. The van der Waals surface area contributed by atoms with Crippen LogP contribution in [0, 0.1) is 5.92 Å². The van der Waals surface area contributed by atoms with Crippen molar-refractivity contribution in [3.05, 3.63) is 0 Å². The predicted molar refractivity (Wildman–Crippen MR) is 67.4 cm³/mol. The predicted octanol–water partition coefficient (Wildman–Crippen LogP) is -0.429. The topological polar surface area (TPSA) is 84.2 Å². The molecule has 2 aliphatic rings. The van der Waals surface area contributed by atoms with Gasteiger partial charge >= 0.3 is 0 Å². The minimum Gasteiger partial charge on any atom is -0.395 e. The first kappa shape index (κ1) is 16.0. The molecule has 4 N–H and O–H groups in total. The molecule has 2 fully saturated rings. The van der Waals surface area contributed by atoms with E-state index in [1.807, 2.05) is 0 Å². The van der Waals surface area contributed by atoms with Crippen molar-refractivity contribution in [2.75, 3.05) is 19.7 Å². The largest absolute Gasteiger partial charge is 0.395 e. The molecule has 0 radical (unpaired) electrons. The van der Waals surface area contributed by atoms with E-state index in [9.17, 15) is 29.2 Å². The molecule has 5 nitrogen and oxygen atoms in total. The fourth-order valence-electron chi connectivity index (χ4n) is 3.20. The Kier molecular flexibility index (Phi) is 4.96. The molecule has 20 heavy (non-hydrogen) atoms. The number of β-amino-alcohol motifs (C(OH)–C–C–N with tert-alkyl or cyclic N) is 1. The molecule has 7 heteroatoms. The van der Waals surface area contributed by atoms with E-state index in [0.717, 1.165) is 0 Å².